The number of aliphatic carboxylic acids is 1. The Kier molecular flexibility index (Phi) is 2.69. The van der Waals surface area contributed by atoms with Gasteiger partial charge in [0.05, 0.1) is 6.54 Å². The van der Waals surface area contributed by atoms with Crippen LogP contribution in [0.2, 0.25) is 0 Å². The maximum atomic E-state index is 11.3. The van der Waals surface area contributed by atoms with Gasteiger partial charge in [-0.1, -0.05) is 6.92 Å². The van der Waals surface area contributed by atoms with Crippen molar-refractivity contribution < 1.29 is 19.4 Å². The Hall–Kier alpha value is -1.26. The zero-order valence-electron chi connectivity index (χ0n) is 8.61. The van der Waals surface area contributed by atoms with Gasteiger partial charge in [-0.3, -0.25) is 4.90 Å². The number of hydrogen-bond acceptors (Lipinski definition) is 3. The molecule has 1 atom stereocenters. The molecule has 0 aromatic heterocycles. The van der Waals surface area contributed by atoms with Gasteiger partial charge >= 0.3 is 12.1 Å². The summed E-state index contributed by atoms with van der Waals surface area (Å²) < 4.78 is 5.12. The van der Waals surface area contributed by atoms with Crippen molar-refractivity contribution >= 4 is 12.1 Å². The number of carbonyl (C=O) groups excluding carboxylic acids is 1. The summed E-state index contributed by atoms with van der Waals surface area (Å²) in [6, 6.07) is -0.685. The first-order chi connectivity index (χ1) is 6.37. The van der Waals surface area contributed by atoms with Gasteiger partial charge in [0.1, 0.15) is 5.60 Å². The summed E-state index contributed by atoms with van der Waals surface area (Å²) >= 11 is 0. The standard InChI is InChI=1S/C9H15NO4/c1-4-9(2,3)14-8(13)10-5-6(10)7(11)12/h6H,4-5H2,1-3H3,(H,11,12). The number of carboxylic acids is 1. The minimum absolute atomic E-state index is 0.258. The molecule has 1 saturated heterocycles. The second-order valence-corrected chi connectivity index (χ2v) is 3.99. The molecule has 1 N–H and O–H groups in total. The van der Waals surface area contributed by atoms with Crippen molar-refractivity contribution in [2.24, 2.45) is 0 Å². The van der Waals surface area contributed by atoms with Gasteiger partial charge in [-0.2, -0.15) is 0 Å². The fourth-order valence-corrected chi connectivity index (χ4v) is 0.920. The van der Waals surface area contributed by atoms with Gasteiger partial charge in [0.25, 0.3) is 0 Å². The molecule has 0 aromatic carbocycles. The van der Waals surface area contributed by atoms with Crippen LogP contribution in [0.15, 0.2) is 0 Å². The molecular formula is C9H15NO4. The van der Waals surface area contributed by atoms with E-state index in [1.807, 2.05) is 6.92 Å². The van der Waals surface area contributed by atoms with E-state index in [0.29, 0.717) is 6.42 Å². The van der Waals surface area contributed by atoms with Crippen molar-refractivity contribution in [2.45, 2.75) is 38.8 Å². The largest absolute Gasteiger partial charge is 0.480 e. The molecule has 1 rings (SSSR count). The molecule has 0 spiro atoms. The summed E-state index contributed by atoms with van der Waals surface area (Å²) in [5.41, 5.74) is -0.525. The van der Waals surface area contributed by atoms with Crippen molar-refractivity contribution in [3.63, 3.8) is 0 Å². The fraction of sp³-hybridized carbons (Fsp3) is 0.778. The highest BCUT2D eigenvalue weighted by Gasteiger charge is 2.46. The quantitative estimate of drug-likeness (QED) is 0.694. The van der Waals surface area contributed by atoms with Gasteiger partial charge in [0, 0.05) is 0 Å². The van der Waals surface area contributed by atoms with Gasteiger partial charge in [0.2, 0.25) is 0 Å². The summed E-state index contributed by atoms with van der Waals surface area (Å²) in [5, 5.41) is 8.58. The van der Waals surface area contributed by atoms with E-state index in [2.05, 4.69) is 0 Å². The number of ether oxygens (including phenoxy) is 1. The highest BCUT2D eigenvalue weighted by Crippen LogP contribution is 2.23. The molecule has 0 aliphatic carbocycles. The van der Waals surface area contributed by atoms with Crippen LogP contribution in [0.1, 0.15) is 27.2 Å². The van der Waals surface area contributed by atoms with Crippen LogP contribution in [0.3, 0.4) is 0 Å². The first kappa shape index (κ1) is 10.8. The average Bonchev–Trinajstić information content (AvgIpc) is 2.82. The van der Waals surface area contributed by atoms with Crippen LogP contribution >= 0.6 is 0 Å². The molecule has 1 fully saturated rings. The van der Waals surface area contributed by atoms with E-state index in [9.17, 15) is 9.59 Å². The predicted octanol–water partition coefficient (Wildman–Crippen LogP) is 1.08. The van der Waals surface area contributed by atoms with E-state index in [1.165, 1.54) is 4.90 Å². The summed E-state index contributed by atoms with van der Waals surface area (Å²) in [6.07, 6.45) is 0.161. The van der Waals surface area contributed by atoms with Gasteiger partial charge in [-0.05, 0) is 20.3 Å². The summed E-state index contributed by atoms with van der Waals surface area (Å²) in [4.78, 5) is 23.0. The summed E-state index contributed by atoms with van der Waals surface area (Å²) in [6.45, 7) is 5.76. The lowest BCUT2D eigenvalue weighted by Gasteiger charge is -2.23. The Labute approximate surface area is 82.6 Å². The Morgan fingerprint density at radius 1 is 1.57 bits per heavy atom. The fourth-order valence-electron chi connectivity index (χ4n) is 0.920. The van der Waals surface area contributed by atoms with Crippen LogP contribution in [-0.4, -0.2) is 40.3 Å². The van der Waals surface area contributed by atoms with Gasteiger partial charge in [-0.15, -0.1) is 0 Å². The number of hydrogen-bond donors (Lipinski definition) is 1. The third kappa shape index (κ3) is 2.37. The van der Waals surface area contributed by atoms with Crippen LogP contribution in [0, 0.1) is 0 Å². The molecule has 5 heteroatoms. The predicted molar refractivity (Wildman–Crippen MR) is 49.0 cm³/mol. The molecule has 80 valence electrons. The Morgan fingerprint density at radius 2 is 2.14 bits per heavy atom. The van der Waals surface area contributed by atoms with Crippen LogP contribution in [0.5, 0.6) is 0 Å². The Bertz CT molecular complexity index is 262. The zero-order chi connectivity index (χ0) is 10.9. The normalized spacial score (nSPS) is 20.5. The maximum Gasteiger partial charge on any atom is 0.411 e. The molecule has 5 nitrogen and oxygen atoms in total. The van der Waals surface area contributed by atoms with Crippen molar-refractivity contribution in [2.75, 3.05) is 6.54 Å². The minimum Gasteiger partial charge on any atom is -0.480 e. The first-order valence-corrected chi connectivity index (χ1v) is 4.60. The average molecular weight is 201 g/mol. The lowest BCUT2D eigenvalue weighted by Crippen LogP contribution is -2.31. The molecule has 1 aliphatic heterocycles. The van der Waals surface area contributed by atoms with Crippen LogP contribution < -0.4 is 0 Å². The minimum atomic E-state index is -0.976. The Balaban J connectivity index is 2.42. The van der Waals surface area contributed by atoms with E-state index >= 15 is 0 Å². The van der Waals surface area contributed by atoms with Gasteiger partial charge in [0.15, 0.2) is 6.04 Å². The Morgan fingerprint density at radius 3 is 2.50 bits per heavy atom. The van der Waals surface area contributed by atoms with E-state index in [-0.39, 0.29) is 6.54 Å². The van der Waals surface area contributed by atoms with Crippen molar-refractivity contribution in [3.05, 3.63) is 0 Å². The number of amides is 1. The highest BCUT2D eigenvalue weighted by molar-refractivity contribution is 5.85. The van der Waals surface area contributed by atoms with E-state index in [4.69, 9.17) is 9.84 Å². The monoisotopic (exact) mass is 201 g/mol. The second kappa shape index (κ2) is 3.48. The molecular weight excluding hydrogens is 186 g/mol. The highest BCUT2D eigenvalue weighted by atomic mass is 16.6. The molecule has 14 heavy (non-hydrogen) atoms. The van der Waals surface area contributed by atoms with Crippen LogP contribution in [0.4, 0.5) is 4.79 Å². The molecule has 0 aromatic rings. The summed E-state index contributed by atoms with van der Waals surface area (Å²) in [5.74, 6) is -0.976. The molecule has 1 amide bonds. The SMILES string of the molecule is CCC(C)(C)OC(=O)N1CC1C(=O)O. The van der Waals surface area contributed by atoms with E-state index in [0.717, 1.165) is 0 Å². The van der Waals surface area contributed by atoms with E-state index < -0.39 is 23.7 Å². The molecule has 0 bridgehead atoms. The second-order valence-electron chi connectivity index (χ2n) is 3.99. The lowest BCUT2D eigenvalue weighted by atomic mass is 10.1. The molecule has 0 radical (unpaired) electrons. The van der Waals surface area contributed by atoms with Crippen molar-refractivity contribution in [1.29, 1.82) is 0 Å². The third-order valence-corrected chi connectivity index (χ3v) is 2.35. The van der Waals surface area contributed by atoms with Crippen LogP contribution in [-0.2, 0) is 9.53 Å². The van der Waals surface area contributed by atoms with Gasteiger partial charge in [-0.25, -0.2) is 9.59 Å². The molecule has 1 aliphatic rings. The summed E-state index contributed by atoms with van der Waals surface area (Å²) in [7, 11) is 0. The number of carboxylic acid groups (broad SMARTS) is 1. The molecule has 1 heterocycles. The molecule has 1 unspecified atom stereocenters. The molecule has 0 saturated carbocycles. The number of nitrogens with zero attached hydrogens (tertiary/aromatic N) is 1. The van der Waals surface area contributed by atoms with Crippen molar-refractivity contribution in [3.8, 4) is 0 Å². The van der Waals surface area contributed by atoms with E-state index in [1.54, 1.807) is 13.8 Å². The zero-order valence-corrected chi connectivity index (χ0v) is 8.61. The van der Waals surface area contributed by atoms with Crippen LogP contribution in [0.25, 0.3) is 0 Å². The number of rotatable bonds is 3. The lowest BCUT2D eigenvalue weighted by molar-refractivity contribution is -0.137. The van der Waals surface area contributed by atoms with Gasteiger partial charge < -0.3 is 9.84 Å². The smallest absolute Gasteiger partial charge is 0.411 e. The third-order valence-electron chi connectivity index (χ3n) is 2.35. The first-order valence-electron chi connectivity index (χ1n) is 4.60. The van der Waals surface area contributed by atoms with Crippen molar-refractivity contribution in [1.82, 2.24) is 4.90 Å². The number of carbonyl (C=O) groups is 2. The topological polar surface area (TPSA) is 66.6 Å². The maximum absolute atomic E-state index is 11.3.